The Morgan fingerprint density at radius 1 is 1.50 bits per heavy atom. The van der Waals surface area contributed by atoms with Gasteiger partial charge in [0.25, 0.3) is 0 Å². The van der Waals surface area contributed by atoms with Gasteiger partial charge in [0.05, 0.1) is 6.61 Å². The van der Waals surface area contributed by atoms with Gasteiger partial charge in [-0.3, -0.25) is 0 Å². The Hall–Kier alpha value is -1.09. The van der Waals surface area contributed by atoms with Crippen molar-refractivity contribution in [1.82, 2.24) is 4.98 Å². The van der Waals surface area contributed by atoms with Gasteiger partial charge in [-0.15, -0.1) is 0 Å². The number of nitrogens with one attached hydrogen (secondary N) is 2. The van der Waals surface area contributed by atoms with Gasteiger partial charge in [-0.2, -0.15) is 0 Å². The highest BCUT2D eigenvalue weighted by molar-refractivity contribution is 5.84. The number of rotatable bonds is 2. The van der Waals surface area contributed by atoms with Crippen LogP contribution < -0.4 is 0 Å². The second-order valence-corrected chi connectivity index (χ2v) is 3.87. The number of aryl methyl sites for hydroxylation is 1. The van der Waals surface area contributed by atoms with Crippen molar-refractivity contribution in [2.24, 2.45) is 0 Å². The molecule has 1 aromatic heterocycles. The Bertz CT molecular complexity index is 341. The maximum atomic E-state index is 7.73. The predicted octanol–water partition coefficient (Wildman–Crippen LogP) is 2.06. The van der Waals surface area contributed by atoms with Crippen molar-refractivity contribution in [3.63, 3.8) is 0 Å². The third kappa shape index (κ3) is 1.87. The topological polar surface area (TPSA) is 48.9 Å². The molecule has 2 rings (SSSR count). The van der Waals surface area contributed by atoms with E-state index in [9.17, 15) is 0 Å². The largest absolute Gasteiger partial charge is 0.378 e. The highest BCUT2D eigenvalue weighted by Crippen LogP contribution is 2.19. The Kier molecular flexibility index (Phi) is 2.68. The van der Waals surface area contributed by atoms with Crippen LogP contribution in [0.3, 0.4) is 0 Å². The summed E-state index contributed by atoms with van der Waals surface area (Å²) in [7, 11) is 1.70. The van der Waals surface area contributed by atoms with Gasteiger partial charge in [-0.25, -0.2) is 0 Å². The average Bonchev–Trinajstić information content (AvgIpc) is 2.41. The van der Waals surface area contributed by atoms with Crippen LogP contribution in [0.1, 0.15) is 29.8 Å². The summed E-state index contributed by atoms with van der Waals surface area (Å²) in [4.78, 5) is 3.37. The van der Waals surface area contributed by atoms with Gasteiger partial charge >= 0.3 is 0 Å². The SMILES string of the molecule is COCc1cc2c([nH]1)CCCC(=N)C2. The van der Waals surface area contributed by atoms with Crippen molar-refractivity contribution in [1.29, 1.82) is 5.41 Å². The molecule has 0 saturated heterocycles. The lowest BCUT2D eigenvalue weighted by molar-refractivity contribution is 0.182. The van der Waals surface area contributed by atoms with Crippen LogP contribution in [-0.2, 0) is 24.2 Å². The third-order valence-corrected chi connectivity index (χ3v) is 2.66. The molecule has 1 aromatic rings. The van der Waals surface area contributed by atoms with E-state index < -0.39 is 0 Å². The molecule has 0 fully saturated rings. The lowest BCUT2D eigenvalue weighted by Crippen LogP contribution is -1.97. The van der Waals surface area contributed by atoms with Crippen molar-refractivity contribution in [3.05, 3.63) is 23.0 Å². The molecule has 0 spiro atoms. The van der Waals surface area contributed by atoms with E-state index in [-0.39, 0.29) is 0 Å². The van der Waals surface area contributed by atoms with E-state index in [0.717, 1.165) is 37.1 Å². The first-order valence-corrected chi connectivity index (χ1v) is 5.04. The van der Waals surface area contributed by atoms with E-state index in [2.05, 4.69) is 11.1 Å². The summed E-state index contributed by atoms with van der Waals surface area (Å²) < 4.78 is 5.08. The van der Waals surface area contributed by atoms with E-state index in [4.69, 9.17) is 10.1 Å². The van der Waals surface area contributed by atoms with Crippen LogP contribution in [0.2, 0.25) is 0 Å². The summed E-state index contributed by atoms with van der Waals surface area (Å²) >= 11 is 0. The summed E-state index contributed by atoms with van der Waals surface area (Å²) in [6.45, 7) is 0.639. The normalized spacial score (nSPS) is 16.5. The number of hydrogen-bond acceptors (Lipinski definition) is 2. The van der Waals surface area contributed by atoms with Crippen LogP contribution in [0.4, 0.5) is 0 Å². The Morgan fingerprint density at radius 2 is 2.36 bits per heavy atom. The lowest BCUT2D eigenvalue weighted by atomic mass is 10.1. The fourth-order valence-electron chi connectivity index (χ4n) is 2.02. The molecule has 3 heteroatoms. The van der Waals surface area contributed by atoms with E-state index in [1.54, 1.807) is 7.11 Å². The van der Waals surface area contributed by atoms with Gasteiger partial charge in [0.1, 0.15) is 0 Å². The van der Waals surface area contributed by atoms with Gasteiger partial charge in [0, 0.05) is 30.6 Å². The van der Waals surface area contributed by atoms with Gasteiger partial charge in [-0.1, -0.05) is 0 Å². The van der Waals surface area contributed by atoms with Crippen molar-refractivity contribution in [2.45, 2.75) is 32.3 Å². The Morgan fingerprint density at radius 3 is 3.14 bits per heavy atom. The first kappa shape index (κ1) is 9.46. The van der Waals surface area contributed by atoms with E-state index in [0.29, 0.717) is 6.61 Å². The van der Waals surface area contributed by atoms with Crippen LogP contribution in [0.5, 0.6) is 0 Å². The van der Waals surface area contributed by atoms with Crippen LogP contribution in [0.15, 0.2) is 6.07 Å². The predicted molar refractivity (Wildman–Crippen MR) is 55.9 cm³/mol. The number of aromatic amines is 1. The molecule has 76 valence electrons. The highest BCUT2D eigenvalue weighted by Gasteiger charge is 2.13. The second-order valence-electron chi connectivity index (χ2n) is 3.87. The number of aromatic nitrogens is 1. The molecule has 0 saturated carbocycles. The summed E-state index contributed by atoms with van der Waals surface area (Å²) in [6, 6.07) is 2.14. The molecule has 1 heterocycles. The van der Waals surface area contributed by atoms with Crippen LogP contribution in [-0.4, -0.2) is 17.8 Å². The summed E-state index contributed by atoms with van der Waals surface area (Å²) in [6.07, 6.45) is 3.93. The first-order valence-electron chi connectivity index (χ1n) is 5.04. The molecule has 0 bridgehead atoms. The molecule has 0 aromatic carbocycles. The molecule has 3 nitrogen and oxygen atoms in total. The molecule has 0 unspecified atom stereocenters. The minimum Gasteiger partial charge on any atom is -0.378 e. The fourth-order valence-corrected chi connectivity index (χ4v) is 2.02. The van der Waals surface area contributed by atoms with Gasteiger partial charge in [0.2, 0.25) is 0 Å². The summed E-state index contributed by atoms with van der Waals surface area (Å²) in [5.41, 5.74) is 4.58. The number of methoxy groups -OCH3 is 1. The number of hydrogen-bond donors (Lipinski definition) is 2. The van der Waals surface area contributed by atoms with Crippen LogP contribution in [0.25, 0.3) is 0 Å². The standard InChI is InChI=1S/C11H16N2O/c1-14-7-10-6-8-5-9(12)3-2-4-11(8)13-10/h6,12-13H,2-5,7H2,1H3. The molecule has 1 aliphatic carbocycles. The van der Waals surface area contributed by atoms with E-state index in [1.165, 1.54) is 11.3 Å². The average molecular weight is 192 g/mol. The quantitative estimate of drug-likeness (QED) is 0.692. The zero-order chi connectivity index (χ0) is 9.97. The minimum absolute atomic E-state index is 0.639. The second kappa shape index (κ2) is 3.96. The molecule has 0 atom stereocenters. The number of H-pyrrole nitrogens is 1. The Balaban J connectivity index is 2.22. The molecule has 0 aliphatic heterocycles. The molecule has 2 N–H and O–H groups in total. The van der Waals surface area contributed by atoms with Gasteiger partial charge in [-0.05, 0) is 30.9 Å². The van der Waals surface area contributed by atoms with E-state index >= 15 is 0 Å². The van der Waals surface area contributed by atoms with Crippen molar-refractivity contribution in [3.8, 4) is 0 Å². The molecular formula is C11H16N2O. The van der Waals surface area contributed by atoms with E-state index in [1.807, 2.05) is 0 Å². The van der Waals surface area contributed by atoms with Crippen molar-refractivity contribution < 1.29 is 4.74 Å². The van der Waals surface area contributed by atoms with Crippen molar-refractivity contribution >= 4 is 5.71 Å². The minimum atomic E-state index is 0.639. The summed E-state index contributed by atoms with van der Waals surface area (Å²) in [5.74, 6) is 0. The molecule has 1 aliphatic rings. The van der Waals surface area contributed by atoms with Crippen LogP contribution >= 0.6 is 0 Å². The molecule has 14 heavy (non-hydrogen) atoms. The number of ether oxygens (including phenoxy) is 1. The Labute approximate surface area is 84.0 Å². The smallest absolute Gasteiger partial charge is 0.0862 e. The maximum absolute atomic E-state index is 7.73. The highest BCUT2D eigenvalue weighted by atomic mass is 16.5. The molecule has 0 radical (unpaired) electrons. The fraction of sp³-hybridized carbons (Fsp3) is 0.545. The van der Waals surface area contributed by atoms with Gasteiger partial charge in [0.15, 0.2) is 0 Å². The zero-order valence-corrected chi connectivity index (χ0v) is 8.52. The van der Waals surface area contributed by atoms with Gasteiger partial charge < -0.3 is 15.1 Å². The molecular weight excluding hydrogens is 176 g/mol. The molecule has 0 amide bonds. The van der Waals surface area contributed by atoms with Crippen molar-refractivity contribution in [2.75, 3.05) is 7.11 Å². The number of fused-ring (bicyclic) bond motifs is 1. The zero-order valence-electron chi connectivity index (χ0n) is 8.52. The maximum Gasteiger partial charge on any atom is 0.0862 e. The lowest BCUT2D eigenvalue weighted by Gasteiger charge is -1.96. The summed E-state index contributed by atoms with van der Waals surface area (Å²) in [5, 5.41) is 7.73. The van der Waals surface area contributed by atoms with Crippen LogP contribution in [0, 0.1) is 5.41 Å². The third-order valence-electron chi connectivity index (χ3n) is 2.66. The monoisotopic (exact) mass is 192 g/mol. The first-order chi connectivity index (χ1) is 6.79.